The van der Waals surface area contributed by atoms with Gasteiger partial charge in [-0.05, 0) is 25.0 Å². The molecule has 2 aromatic rings. The lowest BCUT2D eigenvalue weighted by atomic mass is 10.2. The summed E-state index contributed by atoms with van der Waals surface area (Å²) in [5.41, 5.74) is 0.657. The number of benzene rings is 1. The van der Waals surface area contributed by atoms with Crippen LogP contribution in [-0.2, 0) is 0 Å². The van der Waals surface area contributed by atoms with Crippen LogP contribution in [0.1, 0.15) is 12.8 Å². The summed E-state index contributed by atoms with van der Waals surface area (Å²) >= 11 is 0. The first-order valence-electron chi connectivity index (χ1n) is 6.71. The van der Waals surface area contributed by atoms with Crippen LogP contribution in [0.25, 0.3) is 11.4 Å². The molecule has 1 saturated heterocycles. The predicted octanol–water partition coefficient (Wildman–Crippen LogP) is 2.32. The van der Waals surface area contributed by atoms with E-state index in [4.69, 9.17) is 0 Å². The molecule has 6 heteroatoms. The van der Waals surface area contributed by atoms with E-state index in [-0.39, 0.29) is 5.82 Å². The second kappa shape index (κ2) is 5.40. The zero-order valence-electron chi connectivity index (χ0n) is 11.3. The maximum atomic E-state index is 13.3. The average Bonchev–Trinajstić information content (AvgIpc) is 3.01. The molecule has 1 fully saturated rings. The van der Waals surface area contributed by atoms with E-state index >= 15 is 0 Å². The fourth-order valence-electron chi connectivity index (χ4n) is 2.29. The molecule has 2 heterocycles. The third-order valence-corrected chi connectivity index (χ3v) is 3.32. The summed E-state index contributed by atoms with van der Waals surface area (Å²) in [4.78, 5) is 15.3. The zero-order valence-corrected chi connectivity index (χ0v) is 11.3. The van der Waals surface area contributed by atoms with Gasteiger partial charge in [0.25, 0.3) is 0 Å². The average molecular weight is 273 g/mol. The SMILES string of the molecule is CNc1nc(-c2cccc(F)c2)nc(N2CCCC2)n1. The van der Waals surface area contributed by atoms with E-state index < -0.39 is 0 Å². The fraction of sp³-hybridized carbons (Fsp3) is 0.357. The fourth-order valence-corrected chi connectivity index (χ4v) is 2.29. The molecule has 5 nitrogen and oxygen atoms in total. The smallest absolute Gasteiger partial charge is 0.230 e. The summed E-state index contributed by atoms with van der Waals surface area (Å²) in [7, 11) is 1.76. The Bertz CT molecular complexity index is 610. The summed E-state index contributed by atoms with van der Waals surface area (Å²) in [6, 6.07) is 6.29. The second-order valence-electron chi connectivity index (χ2n) is 4.74. The highest BCUT2D eigenvalue weighted by Gasteiger charge is 2.17. The largest absolute Gasteiger partial charge is 0.357 e. The number of nitrogens with one attached hydrogen (secondary N) is 1. The van der Waals surface area contributed by atoms with Gasteiger partial charge in [-0.25, -0.2) is 4.39 Å². The quantitative estimate of drug-likeness (QED) is 0.930. The van der Waals surface area contributed by atoms with Gasteiger partial charge < -0.3 is 10.2 Å². The standard InChI is InChI=1S/C14H16FN5/c1-16-13-17-12(10-5-4-6-11(15)9-10)18-14(19-13)20-7-2-3-8-20/h4-6,9H,2-3,7-8H2,1H3,(H,16,17,18,19). The van der Waals surface area contributed by atoms with Gasteiger partial charge in [0.2, 0.25) is 11.9 Å². The molecular formula is C14H16FN5. The van der Waals surface area contributed by atoms with Crippen LogP contribution in [0.4, 0.5) is 16.3 Å². The summed E-state index contributed by atoms with van der Waals surface area (Å²) in [6.07, 6.45) is 2.30. The van der Waals surface area contributed by atoms with Crippen LogP contribution >= 0.6 is 0 Å². The summed E-state index contributed by atoms with van der Waals surface area (Å²) in [5.74, 6) is 1.35. The molecule has 1 N–H and O–H groups in total. The lowest BCUT2D eigenvalue weighted by Gasteiger charge is -2.16. The van der Waals surface area contributed by atoms with Crippen molar-refractivity contribution in [2.24, 2.45) is 0 Å². The van der Waals surface area contributed by atoms with Gasteiger partial charge in [0, 0.05) is 25.7 Å². The Hall–Kier alpha value is -2.24. The molecule has 1 aliphatic rings. The van der Waals surface area contributed by atoms with E-state index in [1.54, 1.807) is 19.2 Å². The zero-order chi connectivity index (χ0) is 13.9. The van der Waals surface area contributed by atoms with Gasteiger partial charge in [-0.1, -0.05) is 12.1 Å². The normalized spacial score (nSPS) is 14.6. The Morgan fingerprint density at radius 2 is 1.95 bits per heavy atom. The van der Waals surface area contributed by atoms with Crippen molar-refractivity contribution in [3.8, 4) is 11.4 Å². The highest BCUT2D eigenvalue weighted by atomic mass is 19.1. The number of anilines is 2. The number of hydrogen-bond donors (Lipinski definition) is 1. The van der Waals surface area contributed by atoms with Crippen molar-refractivity contribution in [2.45, 2.75) is 12.8 Å². The van der Waals surface area contributed by atoms with E-state index in [0.29, 0.717) is 23.3 Å². The number of halogens is 1. The molecule has 20 heavy (non-hydrogen) atoms. The Morgan fingerprint density at radius 3 is 2.65 bits per heavy atom. The number of aromatic nitrogens is 3. The van der Waals surface area contributed by atoms with Gasteiger partial charge in [0.1, 0.15) is 5.82 Å². The van der Waals surface area contributed by atoms with E-state index in [9.17, 15) is 4.39 Å². The van der Waals surface area contributed by atoms with Crippen LogP contribution in [0, 0.1) is 5.82 Å². The van der Waals surface area contributed by atoms with Crippen LogP contribution in [0.3, 0.4) is 0 Å². The van der Waals surface area contributed by atoms with E-state index in [1.807, 2.05) is 0 Å². The van der Waals surface area contributed by atoms with Crippen molar-refractivity contribution < 1.29 is 4.39 Å². The van der Waals surface area contributed by atoms with Crippen LogP contribution in [0.5, 0.6) is 0 Å². The molecule has 0 amide bonds. The molecule has 0 atom stereocenters. The maximum Gasteiger partial charge on any atom is 0.230 e. The monoisotopic (exact) mass is 273 g/mol. The Morgan fingerprint density at radius 1 is 1.15 bits per heavy atom. The molecule has 0 bridgehead atoms. The molecule has 1 aromatic carbocycles. The minimum absolute atomic E-state index is 0.295. The van der Waals surface area contributed by atoms with Crippen LogP contribution in [0.15, 0.2) is 24.3 Å². The molecular weight excluding hydrogens is 257 g/mol. The van der Waals surface area contributed by atoms with Crippen LogP contribution < -0.4 is 10.2 Å². The topological polar surface area (TPSA) is 53.9 Å². The van der Waals surface area contributed by atoms with Gasteiger partial charge >= 0.3 is 0 Å². The Balaban J connectivity index is 2.03. The first kappa shape index (κ1) is 12.8. The summed E-state index contributed by atoms with van der Waals surface area (Å²) < 4.78 is 13.3. The minimum atomic E-state index is -0.295. The third kappa shape index (κ3) is 2.54. The van der Waals surface area contributed by atoms with Crippen LogP contribution in [-0.4, -0.2) is 35.1 Å². The van der Waals surface area contributed by atoms with Crippen molar-refractivity contribution in [2.75, 3.05) is 30.4 Å². The Kier molecular flexibility index (Phi) is 3.45. The lowest BCUT2D eigenvalue weighted by molar-refractivity contribution is 0.628. The molecule has 0 unspecified atom stereocenters. The number of rotatable bonds is 3. The number of hydrogen-bond acceptors (Lipinski definition) is 5. The van der Waals surface area contributed by atoms with Crippen molar-refractivity contribution in [3.63, 3.8) is 0 Å². The van der Waals surface area contributed by atoms with Crippen molar-refractivity contribution in [1.29, 1.82) is 0 Å². The van der Waals surface area contributed by atoms with Gasteiger partial charge in [0.05, 0.1) is 0 Å². The first-order valence-corrected chi connectivity index (χ1v) is 6.71. The second-order valence-corrected chi connectivity index (χ2v) is 4.74. The molecule has 1 aromatic heterocycles. The number of nitrogens with zero attached hydrogens (tertiary/aromatic N) is 4. The molecule has 3 rings (SSSR count). The van der Waals surface area contributed by atoms with Crippen LogP contribution in [0.2, 0.25) is 0 Å². The first-order chi connectivity index (χ1) is 9.76. The van der Waals surface area contributed by atoms with E-state index in [1.165, 1.54) is 12.1 Å². The van der Waals surface area contributed by atoms with Gasteiger partial charge in [-0.3, -0.25) is 0 Å². The maximum absolute atomic E-state index is 13.3. The third-order valence-electron chi connectivity index (χ3n) is 3.32. The van der Waals surface area contributed by atoms with Crippen molar-refractivity contribution in [1.82, 2.24) is 15.0 Å². The molecule has 0 aliphatic carbocycles. The molecule has 0 spiro atoms. The highest BCUT2D eigenvalue weighted by Crippen LogP contribution is 2.22. The molecule has 1 aliphatic heterocycles. The van der Waals surface area contributed by atoms with E-state index in [2.05, 4.69) is 25.2 Å². The van der Waals surface area contributed by atoms with Gasteiger partial charge in [-0.15, -0.1) is 0 Å². The van der Waals surface area contributed by atoms with Gasteiger partial charge in [0.15, 0.2) is 5.82 Å². The minimum Gasteiger partial charge on any atom is -0.357 e. The lowest BCUT2D eigenvalue weighted by Crippen LogP contribution is -2.21. The molecule has 0 radical (unpaired) electrons. The Labute approximate surface area is 116 Å². The highest BCUT2D eigenvalue weighted by molar-refractivity contribution is 5.58. The predicted molar refractivity (Wildman–Crippen MR) is 76.2 cm³/mol. The van der Waals surface area contributed by atoms with Crippen molar-refractivity contribution in [3.05, 3.63) is 30.1 Å². The summed E-state index contributed by atoms with van der Waals surface area (Å²) in [5, 5.41) is 2.93. The van der Waals surface area contributed by atoms with Gasteiger partial charge in [-0.2, -0.15) is 15.0 Å². The molecule has 104 valence electrons. The molecule has 0 saturated carbocycles. The summed E-state index contributed by atoms with van der Waals surface area (Å²) in [6.45, 7) is 1.91. The van der Waals surface area contributed by atoms with Crippen molar-refractivity contribution >= 4 is 11.9 Å². The van der Waals surface area contributed by atoms with E-state index in [0.717, 1.165) is 25.9 Å².